The molecule has 0 radical (unpaired) electrons. The van der Waals surface area contributed by atoms with Crippen molar-refractivity contribution in [2.45, 2.75) is 38.3 Å². The fourth-order valence-corrected chi connectivity index (χ4v) is 3.33. The van der Waals surface area contributed by atoms with Crippen molar-refractivity contribution in [1.29, 1.82) is 0 Å². The van der Waals surface area contributed by atoms with E-state index in [4.69, 9.17) is 4.74 Å². The van der Waals surface area contributed by atoms with E-state index in [0.29, 0.717) is 12.1 Å². The number of fused-ring (bicyclic) bond motifs is 2. The fourth-order valence-electron chi connectivity index (χ4n) is 3.33. The molecule has 164 valence electrons. The Bertz CT molecular complexity index is 862. The van der Waals surface area contributed by atoms with Gasteiger partial charge in [-0.05, 0) is 42.3 Å². The summed E-state index contributed by atoms with van der Waals surface area (Å²) in [6.45, 7) is 2.75. The Morgan fingerprint density at radius 3 is 1.63 bits per heavy atom. The molecular formula is C20H19F6NO3. The first-order valence-electron chi connectivity index (χ1n) is 9.03. The van der Waals surface area contributed by atoms with Crippen molar-refractivity contribution in [3.8, 4) is 11.5 Å². The van der Waals surface area contributed by atoms with Gasteiger partial charge >= 0.3 is 12.4 Å². The lowest BCUT2D eigenvalue weighted by Gasteiger charge is -2.41. The molecule has 3 rings (SSSR count). The van der Waals surface area contributed by atoms with Gasteiger partial charge in [0.2, 0.25) is 0 Å². The summed E-state index contributed by atoms with van der Waals surface area (Å²) in [6, 6.07) is 4.16. The number of alkyl halides is 6. The lowest BCUT2D eigenvalue weighted by molar-refractivity contribution is -0.138. The lowest BCUT2D eigenvalue weighted by atomic mass is 9.96. The topological polar surface area (TPSA) is 52.9 Å². The van der Waals surface area contributed by atoms with Crippen molar-refractivity contribution in [1.82, 2.24) is 0 Å². The molecule has 0 saturated carbocycles. The predicted octanol–water partition coefficient (Wildman–Crippen LogP) is 5.35. The Balaban J connectivity index is 2.21. The van der Waals surface area contributed by atoms with Gasteiger partial charge < -0.3 is 19.8 Å². The van der Waals surface area contributed by atoms with Crippen LogP contribution in [-0.4, -0.2) is 29.0 Å². The zero-order valence-electron chi connectivity index (χ0n) is 15.9. The van der Waals surface area contributed by atoms with E-state index in [1.54, 1.807) is 13.8 Å². The van der Waals surface area contributed by atoms with Gasteiger partial charge in [0, 0.05) is 0 Å². The second-order valence-corrected chi connectivity index (χ2v) is 7.32. The Hall–Kier alpha value is -2.46. The molecule has 0 bridgehead atoms. The van der Waals surface area contributed by atoms with E-state index in [1.807, 2.05) is 0 Å². The predicted molar refractivity (Wildman–Crippen MR) is 96.8 cm³/mol. The zero-order chi connectivity index (χ0) is 22.4. The van der Waals surface area contributed by atoms with E-state index in [2.05, 4.69) is 0 Å². The van der Waals surface area contributed by atoms with E-state index in [1.165, 1.54) is 4.90 Å². The van der Waals surface area contributed by atoms with Gasteiger partial charge in [-0.25, -0.2) is 0 Å². The van der Waals surface area contributed by atoms with Gasteiger partial charge in [-0.15, -0.1) is 0 Å². The van der Waals surface area contributed by atoms with Crippen molar-refractivity contribution in [2.75, 3.05) is 11.5 Å². The zero-order valence-corrected chi connectivity index (χ0v) is 15.9. The molecule has 0 unspecified atom stereocenters. The van der Waals surface area contributed by atoms with E-state index in [0.717, 1.165) is 24.3 Å². The van der Waals surface area contributed by atoms with Crippen LogP contribution >= 0.6 is 0 Å². The summed E-state index contributed by atoms with van der Waals surface area (Å²) in [4.78, 5) is 1.32. The van der Waals surface area contributed by atoms with Crippen molar-refractivity contribution in [3.05, 3.63) is 47.5 Å². The standard InChI is InChI=1S/C20H19F6NO3/c1-10(2)18(29)15(9-28)27-13-5-3-11(19(21,22)23)7-16(13)30-17-8-12(20(24,25)26)4-6-14(17)27/h3-8,10,15,18,28-29H,9H2,1-2H3/t15-,18-/m0/s1. The molecule has 0 saturated heterocycles. The van der Waals surface area contributed by atoms with Crippen LogP contribution in [0.3, 0.4) is 0 Å². The first kappa shape index (κ1) is 22.2. The highest BCUT2D eigenvalue weighted by Crippen LogP contribution is 2.51. The van der Waals surface area contributed by atoms with Crippen LogP contribution in [0.25, 0.3) is 0 Å². The van der Waals surface area contributed by atoms with Crippen LogP contribution in [0.5, 0.6) is 11.5 Å². The molecule has 30 heavy (non-hydrogen) atoms. The Morgan fingerprint density at radius 1 is 0.867 bits per heavy atom. The third kappa shape index (κ3) is 4.06. The summed E-state index contributed by atoms with van der Waals surface area (Å²) in [5, 5.41) is 20.5. The van der Waals surface area contributed by atoms with Crippen molar-refractivity contribution < 1.29 is 41.3 Å². The molecule has 2 aromatic rings. The second kappa shape index (κ2) is 7.66. The number of ether oxygens (including phenoxy) is 1. The molecule has 0 fully saturated rings. The van der Waals surface area contributed by atoms with Crippen LogP contribution in [0.2, 0.25) is 0 Å². The van der Waals surface area contributed by atoms with Crippen molar-refractivity contribution in [2.24, 2.45) is 5.92 Å². The van der Waals surface area contributed by atoms with E-state index < -0.39 is 42.2 Å². The molecule has 2 aromatic carbocycles. The summed E-state index contributed by atoms with van der Waals surface area (Å²) in [6.07, 6.45) is -10.5. The van der Waals surface area contributed by atoms with Gasteiger partial charge in [0.1, 0.15) is 0 Å². The minimum Gasteiger partial charge on any atom is -0.453 e. The Labute approximate surface area is 168 Å². The summed E-state index contributed by atoms with van der Waals surface area (Å²) >= 11 is 0. The SMILES string of the molecule is CC(C)[C@H](O)[C@H](CO)N1c2ccc(C(F)(F)F)cc2Oc2cc(C(F)(F)F)ccc21. The van der Waals surface area contributed by atoms with Gasteiger partial charge in [-0.1, -0.05) is 13.8 Å². The van der Waals surface area contributed by atoms with Crippen LogP contribution in [0.15, 0.2) is 36.4 Å². The smallest absolute Gasteiger partial charge is 0.416 e. The third-order valence-electron chi connectivity index (χ3n) is 4.91. The second-order valence-electron chi connectivity index (χ2n) is 7.32. The van der Waals surface area contributed by atoms with Gasteiger partial charge in [0.05, 0.1) is 41.3 Å². The van der Waals surface area contributed by atoms with Gasteiger partial charge in [-0.3, -0.25) is 0 Å². The average Bonchev–Trinajstić information content (AvgIpc) is 2.65. The summed E-state index contributed by atoms with van der Waals surface area (Å²) < 4.78 is 84.2. The van der Waals surface area contributed by atoms with Crippen molar-refractivity contribution >= 4 is 11.4 Å². The van der Waals surface area contributed by atoms with Crippen LogP contribution in [0, 0.1) is 5.92 Å². The van der Waals surface area contributed by atoms with Crippen LogP contribution < -0.4 is 9.64 Å². The third-order valence-corrected chi connectivity index (χ3v) is 4.91. The normalized spacial score (nSPS) is 16.0. The number of anilines is 2. The maximum Gasteiger partial charge on any atom is 0.416 e. The molecule has 1 heterocycles. The highest BCUT2D eigenvalue weighted by atomic mass is 19.4. The summed E-state index contributed by atoms with van der Waals surface area (Å²) in [7, 11) is 0. The number of hydrogen-bond acceptors (Lipinski definition) is 4. The number of rotatable bonds is 4. The fraction of sp³-hybridized carbons (Fsp3) is 0.400. The van der Waals surface area contributed by atoms with Crippen molar-refractivity contribution in [3.63, 3.8) is 0 Å². The van der Waals surface area contributed by atoms with Gasteiger partial charge in [0.15, 0.2) is 11.5 Å². The molecule has 10 heteroatoms. The largest absolute Gasteiger partial charge is 0.453 e. The maximum atomic E-state index is 13.1. The Morgan fingerprint density at radius 2 is 1.30 bits per heavy atom. The Kier molecular flexibility index (Phi) is 5.68. The minimum atomic E-state index is -4.69. The van der Waals surface area contributed by atoms with E-state index in [9.17, 15) is 36.6 Å². The van der Waals surface area contributed by atoms with Crippen LogP contribution in [-0.2, 0) is 12.4 Å². The molecule has 2 N–H and O–H groups in total. The molecule has 0 aromatic heterocycles. The average molecular weight is 435 g/mol. The molecule has 2 atom stereocenters. The molecule has 0 aliphatic carbocycles. The van der Waals surface area contributed by atoms with Gasteiger partial charge in [-0.2, -0.15) is 26.3 Å². The number of halogens is 6. The number of nitrogens with zero attached hydrogens (tertiary/aromatic N) is 1. The monoisotopic (exact) mass is 435 g/mol. The molecule has 1 aliphatic rings. The minimum absolute atomic E-state index is 0.0917. The molecule has 1 aliphatic heterocycles. The molecular weight excluding hydrogens is 416 g/mol. The first-order chi connectivity index (χ1) is 13.8. The number of aliphatic hydroxyl groups excluding tert-OH is 2. The van der Waals surface area contributed by atoms with E-state index >= 15 is 0 Å². The first-order valence-corrected chi connectivity index (χ1v) is 9.03. The quantitative estimate of drug-likeness (QED) is 0.637. The van der Waals surface area contributed by atoms with E-state index in [-0.39, 0.29) is 28.8 Å². The van der Waals surface area contributed by atoms with Gasteiger partial charge in [0.25, 0.3) is 0 Å². The summed E-state index contributed by atoms with van der Waals surface area (Å²) in [5.74, 6) is -1.00. The maximum absolute atomic E-state index is 13.1. The molecule has 0 spiro atoms. The van der Waals surface area contributed by atoms with Crippen LogP contribution in [0.4, 0.5) is 37.7 Å². The number of aliphatic hydroxyl groups is 2. The summed E-state index contributed by atoms with van der Waals surface area (Å²) in [5.41, 5.74) is -1.90. The molecule has 0 amide bonds. The number of benzene rings is 2. The highest BCUT2D eigenvalue weighted by molar-refractivity contribution is 5.79. The lowest BCUT2D eigenvalue weighted by Crippen LogP contribution is -2.47. The van der Waals surface area contributed by atoms with Crippen LogP contribution in [0.1, 0.15) is 25.0 Å². The molecule has 4 nitrogen and oxygen atoms in total. The highest BCUT2D eigenvalue weighted by Gasteiger charge is 2.39. The number of hydrogen-bond donors (Lipinski definition) is 2.